The van der Waals surface area contributed by atoms with Crippen LogP contribution in [0.15, 0.2) is 60.7 Å². The van der Waals surface area contributed by atoms with Crippen molar-refractivity contribution in [2.45, 2.75) is 12.8 Å². The van der Waals surface area contributed by atoms with Gasteiger partial charge in [-0.2, -0.15) is 0 Å². The minimum Gasteiger partial charge on any atom is -0.460 e. The number of alkyl carbamates (subject to hydrolysis) is 1. The highest BCUT2D eigenvalue weighted by Crippen LogP contribution is 2.44. The molecule has 1 aliphatic rings. The number of amides is 1. The molecule has 2 aromatic carbocycles. The summed E-state index contributed by atoms with van der Waals surface area (Å²) in [6.45, 7) is 9.17. The fourth-order valence-corrected chi connectivity index (χ4v) is 3.95. The number of ether oxygens (including phenoxy) is 6. The molecule has 0 aliphatic heterocycles. The molecule has 0 saturated heterocycles. The maximum Gasteiger partial charge on any atom is 0.407 e. The second-order valence-electron chi connectivity index (χ2n) is 8.62. The Bertz CT molecular complexity index is 995. The largest absolute Gasteiger partial charge is 0.460 e. The van der Waals surface area contributed by atoms with Crippen LogP contribution < -0.4 is 5.32 Å². The van der Waals surface area contributed by atoms with E-state index in [1.54, 1.807) is 6.92 Å². The molecule has 9 nitrogen and oxygen atoms in total. The van der Waals surface area contributed by atoms with Crippen LogP contribution in [0, 0.1) is 0 Å². The number of nitrogens with one attached hydrogen (secondary N) is 1. The fourth-order valence-electron chi connectivity index (χ4n) is 3.95. The Kier molecular flexibility index (Phi) is 12.8. The van der Waals surface area contributed by atoms with Crippen molar-refractivity contribution >= 4 is 12.1 Å². The molecule has 1 amide bonds. The molecular weight excluding hydrogens is 490 g/mol. The molecule has 1 N–H and O–H groups in total. The van der Waals surface area contributed by atoms with E-state index >= 15 is 0 Å². The predicted octanol–water partition coefficient (Wildman–Crippen LogP) is 3.71. The first-order valence-corrected chi connectivity index (χ1v) is 12.8. The van der Waals surface area contributed by atoms with E-state index in [1.165, 1.54) is 22.3 Å². The van der Waals surface area contributed by atoms with Crippen molar-refractivity contribution in [2.24, 2.45) is 0 Å². The summed E-state index contributed by atoms with van der Waals surface area (Å²) in [6.07, 6.45) is -0.458. The lowest BCUT2D eigenvalue weighted by Gasteiger charge is -2.14. The van der Waals surface area contributed by atoms with Gasteiger partial charge in [0.1, 0.15) is 13.2 Å². The van der Waals surface area contributed by atoms with Gasteiger partial charge >= 0.3 is 12.1 Å². The molecule has 0 bridgehead atoms. The van der Waals surface area contributed by atoms with Gasteiger partial charge in [-0.3, -0.25) is 0 Å². The van der Waals surface area contributed by atoms with Gasteiger partial charge < -0.3 is 33.7 Å². The van der Waals surface area contributed by atoms with Crippen LogP contribution in [0.4, 0.5) is 4.79 Å². The molecule has 0 radical (unpaired) electrons. The van der Waals surface area contributed by atoms with Crippen LogP contribution >= 0.6 is 0 Å². The first-order valence-electron chi connectivity index (χ1n) is 12.8. The maximum absolute atomic E-state index is 12.1. The Morgan fingerprint density at radius 2 is 1.18 bits per heavy atom. The number of carbonyl (C=O) groups is 2. The van der Waals surface area contributed by atoms with E-state index in [0.717, 1.165) is 0 Å². The normalized spacial score (nSPS) is 12.0. The summed E-state index contributed by atoms with van der Waals surface area (Å²) in [5.41, 5.74) is 5.13. The molecule has 0 heterocycles. The number of carbonyl (C=O) groups excluding carboxylic acids is 2. The Morgan fingerprint density at radius 3 is 1.71 bits per heavy atom. The summed E-state index contributed by atoms with van der Waals surface area (Å²) in [4.78, 5) is 23.3. The van der Waals surface area contributed by atoms with Crippen molar-refractivity contribution in [1.82, 2.24) is 5.32 Å². The summed E-state index contributed by atoms with van der Waals surface area (Å²) < 4.78 is 32.0. The van der Waals surface area contributed by atoms with Crippen LogP contribution in [-0.4, -0.2) is 84.7 Å². The highest BCUT2D eigenvalue weighted by molar-refractivity contribution is 5.86. The van der Waals surface area contributed by atoms with Gasteiger partial charge in [-0.05, 0) is 29.2 Å². The van der Waals surface area contributed by atoms with Crippen LogP contribution in [0.1, 0.15) is 24.0 Å². The quantitative estimate of drug-likeness (QED) is 0.178. The predicted molar refractivity (Wildman–Crippen MR) is 142 cm³/mol. The van der Waals surface area contributed by atoms with Gasteiger partial charge in [0.05, 0.1) is 52.9 Å². The molecule has 3 rings (SSSR count). The number of esters is 1. The minimum atomic E-state index is -0.458. The first kappa shape index (κ1) is 29.3. The van der Waals surface area contributed by atoms with Gasteiger partial charge in [-0.15, -0.1) is 0 Å². The average molecular weight is 528 g/mol. The molecule has 1 aliphatic carbocycles. The van der Waals surface area contributed by atoms with E-state index in [0.29, 0.717) is 65.0 Å². The monoisotopic (exact) mass is 527 g/mol. The molecule has 0 saturated carbocycles. The minimum absolute atomic E-state index is 0.0383. The first-order chi connectivity index (χ1) is 18.6. The van der Waals surface area contributed by atoms with E-state index in [2.05, 4.69) is 36.2 Å². The van der Waals surface area contributed by atoms with Crippen molar-refractivity contribution < 1.29 is 38.0 Å². The Balaban J connectivity index is 1.12. The number of benzene rings is 2. The highest BCUT2D eigenvalue weighted by Gasteiger charge is 2.28. The summed E-state index contributed by atoms with van der Waals surface area (Å²) in [5, 5.41) is 2.72. The van der Waals surface area contributed by atoms with Gasteiger partial charge in [-0.1, -0.05) is 55.1 Å². The van der Waals surface area contributed by atoms with Gasteiger partial charge in [0.2, 0.25) is 0 Å². The van der Waals surface area contributed by atoms with E-state index in [-0.39, 0.29) is 19.1 Å². The zero-order chi connectivity index (χ0) is 27.0. The molecule has 0 fully saturated rings. The van der Waals surface area contributed by atoms with E-state index in [4.69, 9.17) is 28.4 Å². The summed E-state index contributed by atoms with van der Waals surface area (Å²) in [7, 11) is 0. The molecule has 38 heavy (non-hydrogen) atoms. The van der Waals surface area contributed by atoms with E-state index in [1.807, 2.05) is 24.3 Å². The van der Waals surface area contributed by atoms with Gasteiger partial charge in [-0.25, -0.2) is 9.59 Å². The number of hydrogen-bond acceptors (Lipinski definition) is 8. The zero-order valence-electron chi connectivity index (χ0n) is 21.9. The maximum atomic E-state index is 12.1. The smallest absolute Gasteiger partial charge is 0.407 e. The SMILES string of the molecule is C=C(C)C(=O)OCCOCCOCCOCCOCCNC(=O)OCC1c2ccccc2-c2ccccc21. The van der Waals surface area contributed by atoms with Crippen LogP contribution in [0.2, 0.25) is 0 Å². The Labute approximate surface area is 224 Å². The van der Waals surface area contributed by atoms with Crippen molar-refractivity contribution in [2.75, 3.05) is 72.6 Å². The highest BCUT2D eigenvalue weighted by atomic mass is 16.6. The van der Waals surface area contributed by atoms with Gasteiger partial charge in [0.15, 0.2) is 0 Å². The lowest BCUT2D eigenvalue weighted by Crippen LogP contribution is -2.29. The van der Waals surface area contributed by atoms with E-state index in [9.17, 15) is 9.59 Å². The van der Waals surface area contributed by atoms with Crippen LogP contribution in [0.25, 0.3) is 11.1 Å². The van der Waals surface area contributed by atoms with Gasteiger partial charge in [0, 0.05) is 18.0 Å². The summed E-state index contributed by atoms with van der Waals surface area (Å²) >= 11 is 0. The second kappa shape index (κ2) is 16.6. The molecular formula is C29H37NO8. The lowest BCUT2D eigenvalue weighted by atomic mass is 9.98. The Morgan fingerprint density at radius 1 is 0.711 bits per heavy atom. The molecule has 0 aromatic heterocycles. The summed E-state index contributed by atoms with van der Waals surface area (Å²) in [6, 6.07) is 16.5. The molecule has 9 heteroatoms. The second-order valence-corrected chi connectivity index (χ2v) is 8.62. The zero-order valence-corrected chi connectivity index (χ0v) is 21.9. The fraction of sp³-hybridized carbons (Fsp3) is 0.448. The van der Waals surface area contributed by atoms with E-state index < -0.39 is 12.1 Å². The van der Waals surface area contributed by atoms with Crippen molar-refractivity contribution in [3.05, 3.63) is 71.8 Å². The van der Waals surface area contributed by atoms with Crippen molar-refractivity contribution in [3.63, 3.8) is 0 Å². The average Bonchev–Trinajstić information content (AvgIpc) is 3.25. The van der Waals surface area contributed by atoms with Crippen LogP contribution in [0.3, 0.4) is 0 Å². The number of rotatable bonds is 18. The molecule has 0 atom stereocenters. The molecule has 2 aromatic rings. The standard InChI is InChI=1S/C29H37NO8/c1-22(2)28(31)37-20-19-36-18-17-35-16-15-34-14-13-33-12-11-30-29(32)38-21-27-25-9-5-3-7-23(25)24-8-4-6-10-26(24)27/h3-10,27H,1,11-21H2,2H3,(H,30,32). The third-order valence-electron chi connectivity index (χ3n) is 5.78. The van der Waals surface area contributed by atoms with Gasteiger partial charge in [0.25, 0.3) is 0 Å². The number of hydrogen-bond donors (Lipinski definition) is 1. The third-order valence-corrected chi connectivity index (χ3v) is 5.78. The third kappa shape index (κ3) is 9.57. The van der Waals surface area contributed by atoms with Crippen molar-refractivity contribution in [1.29, 1.82) is 0 Å². The Hall–Kier alpha value is -3.24. The molecule has 0 unspecified atom stereocenters. The van der Waals surface area contributed by atoms with Crippen LogP contribution in [0.5, 0.6) is 0 Å². The lowest BCUT2D eigenvalue weighted by molar-refractivity contribution is -0.140. The van der Waals surface area contributed by atoms with Crippen molar-refractivity contribution in [3.8, 4) is 11.1 Å². The van der Waals surface area contributed by atoms with Crippen LogP contribution in [-0.2, 0) is 33.2 Å². The molecule has 0 spiro atoms. The summed E-state index contributed by atoms with van der Waals surface area (Å²) in [5.74, 6) is -0.380. The molecule has 206 valence electrons. The topological polar surface area (TPSA) is 102 Å². The number of fused-ring (bicyclic) bond motifs is 3.